The maximum atomic E-state index is 12.4. The number of nitrogens with one attached hydrogen (secondary N) is 1. The summed E-state index contributed by atoms with van der Waals surface area (Å²) in [6, 6.07) is 11.3. The predicted octanol–water partition coefficient (Wildman–Crippen LogP) is 4.76. The van der Waals surface area contributed by atoms with Crippen LogP contribution in [0.2, 0.25) is 15.1 Å². The summed E-state index contributed by atoms with van der Waals surface area (Å²) in [5, 5.41) is 0.221. The third kappa shape index (κ3) is 5.17. The van der Waals surface area contributed by atoms with Gasteiger partial charge in [0.25, 0.3) is 0 Å². The highest BCUT2D eigenvalue weighted by Crippen LogP contribution is 2.34. The molecule has 0 spiro atoms. The van der Waals surface area contributed by atoms with Crippen molar-refractivity contribution in [2.45, 2.75) is 30.7 Å². The fourth-order valence-electron chi connectivity index (χ4n) is 3.21. The van der Waals surface area contributed by atoms with E-state index in [0.29, 0.717) is 6.54 Å². The first-order valence-corrected chi connectivity index (χ1v) is 11.4. The Morgan fingerprint density at radius 2 is 1.70 bits per heavy atom. The minimum Gasteiger partial charge on any atom is -0.299 e. The van der Waals surface area contributed by atoms with Crippen molar-refractivity contribution in [3.8, 4) is 0 Å². The lowest BCUT2D eigenvalue weighted by atomic mass is 10.00. The molecule has 0 aliphatic carbocycles. The molecule has 0 fully saturated rings. The summed E-state index contributed by atoms with van der Waals surface area (Å²) < 4.78 is 27.4. The van der Waals surface area contributed by atoms with Crippen LogP contribution >= 0.6 is 34.8 Å². The van der Waals surface area contributed by atoms with E-state index in [1.165, 1.54) is 23.3 Å². The van der Waals surface area contributed by atoms with E-state index in [1.54, 1.807) is 0 Å². The number of sulfonamides is 1. The van der Waals surface area contributed by atoms with Gasteiger partial charge in [-0.2, -0.15) is 0 Å². The number of hydrogen-bond acceptors (Lipinski definition) is 3. The average molecular weight is 448 g/mol. The Kier molecular flexibility index (Phi) is 7.06. The van der Waals surface area contributed by atoms with Crippen molar-refractivity contribution in [3.05, 3.63) is 62.6 Å². The maximum absolute atomic E-state index is 12.4. The fourth-order valence-corrected chi connectivity index (χ4v) is 5.26. The number of rotatable bonds is 7. The second-order valence-corrected chi connectivity index (χ2v) is 9.47. The van der Waals surface area contributed by atoms with Crippen molar-refractivity contribution in [3.63, 3.8) is 0 Å². The summed E-state index contributed by atoms with van der Waals surface area (Å²) in [5.74, 6) is 0. The lowest BCUT2D eigenvalue weighted by molar-refractivity contribution is 0.249. The Balaban J connectivity index is 1.46. The topological polar surface area (TPSA) is 49.4 Å². The summed E-state index contributed by atoms with van der Waals surface area (Å²) in [6.45, 7) is 3.30. The van der Waals surface area contributed by atoms with Crippen molar-refractivity contribution in [2.75, 3.05) is 19.6 Å². The Morgan fingerprint density at radius 1 is 0.963 bits per heavy atom. The molecule has 0 amide bonds. The zero-order valence-corrected chi connectivity index (χ0v) is 17.8. The van der Waals surface area contributed by atoms with Crippen LogP contribution in [0.4, 0.5) is 0 Å². The van der Waals surface area contributed by atoms with Gasteiger partial charge in [0.05, 0.1) is 15.1 Å². The smallest absolute Gasteiger partial charge is 0.242 e. The number of hydrogen-bond donors (Lipinski definition) is 1. The van der Waals surface area contributed by atoms with Gasteiger partial charge in [0.2, 0.25) is 10.0 Å². The molecule has 27 heavy (non-hydrogen) atoms. The highest BCUT2D eigenvalue weighted by Gasteiger charge is 2.21. The van der Waals surface area contributed by atoms with Gasteiger partial charge in [-0.15, -0.1) is 0 Å². The summed E-state index contributed by atoms with van der Waals surface area (Å²) in [6.07, 6.45) is 2.73. The molecule has 2 aromatic carbocycles. The Labute approximate surface area is 175 Å². The van der Waals surface area contributed by atoms with E-state index in [2.05, 4.69) is 33.9 Å². The molecule has 3 rings (SSSR count). The standard InChI is InChI=1S/C19H21Cl3N2O2S/c20-16-7-8-17(19(22)18(16)21)27(25,26)23-10-3-4-11-24-12-9-14-5-1-2-6-15(14)13-24/h1-2,5-8,23H,3-4,9-13H2. The molecule has 146 valence electrons. The van der Waals surface area contributed by atoms with Crippen molar-refractivity contribution < 1.29 is 8.42 Å². The molecular formula is C19H21Cl3N2O2S. The molecule has 4 nitrogen and oxygen atoms in total. The van der Waals surface area contributed by atoms with Gasteiger partial charge >= 0.3 is 0 Å². The molecule has 1 aliphatic heterocycles. The predicted molar refractivity (Wildman–Crippen MR) is 111 cm³/mol. The molecule has 0 aromatic heterocycles. The molecule has 0 saturated heterocycles. The van der Waals surface area contributed by atoms with Crippen LogP contribution in [0, 0.1) is 0 Å². The molecule has 1 N–H and O–H groups in total. The Bertz CT molecular complexity index is 919. The van der Waals surface area contributed by atoms with E-state index < -0.39 is 10.0 Å². The Morgan fingerprint density at radius 3 is 2.48 bits per heavy atom. The first-order valence-electron chi connectivity index (χ1n) is 8.81. The van der Waals surface area contributed by atoms with Gasteiger partial charge in [-0.05, 0) is 49.1 Å². The second kappa shape index (κ2) is 9.12. The lowest BCUT2D eigenvalue weighted by Crippen LogP contribution is -2.32. The highest BCUT2D eigenvalue weighted by atomic mass is 35.5. The Hall–Kier alpha value is -0.820. The molecule has 0 saturated carbocycles. The van der Waals surface area contributed by atoms with Gasteiger partial charge in [0.1, 0.15) is 4.90 Å². The number of fused-ring (bicyclic) bond motifs is 1. The van der Waals surface area contributed by atoms with Gasteiger partial charge < -0.3 is 0 Å². The second-order valence-electron chi connectivity index (χ2n) is 6.57. The molecule has 0 bridgehead atoms. The molecule has 0 radical (unpaired) electrons. The van der Waals surface area contributed by atoms with Gasteiger partial charge in [0.15, 0.2) is 0 Å². The van der Waals surface area contributed by atoms with E-state index in [1.807, 2.05) is 0 Å². The van der Waals surface area contributed by atoms with Crippen LogP contribution in [-0.4, -0.2) is 33.0 Å². The lowest BCUT2D eigenvalue weighted by Gasteiger charge is -2.28. The zero-order valence-electron chi connectivity index (χ0n) is 14.7. The summed E-state index contributed by atoms with van der Waals surface area (Å²) in [7, 11) is -3.71. The molecule has 2 aromatic rings. The minimum atomic E-state index is -3.71. The van der Waals surface area contributed by atoms with Crippen LogP contribution in [-0.2, 0) is 23.0 Å². The number of benzene rings is 2. The van der Waals surface area contributed by atoms with E-state index in [4.69, 9.17) is 34.8 Å². The van der Waals surface area contributed by atoms with Crippen LogP contribution in [0.3, 0.4) is 0 Å². The van der Waals surface area contributed by atoms with E-state index in [9.17, 15) is 8.42 Å². The van der Waals surface area contributed by atoms with E-state index in [-0.39, 0.29) is 20.0 Å². The van der Waals surface area contributed by atoms with Crippen molar-refractivity contribution in [1.82, 2.24) is 9.62 Å². The molecule has 0 unspecified atom stereocenters. The molecule has 1 aliphatic rings. The largest absolute Gasteiger partial charge is 0.299 e. The number of halogens is 3. The monoisotopic (exact) mass is 446 g/mol. The third-order valence-electron chi connectivity index (χ3n) is 4.69. The molecule has 0 atom stereocenters. The van der Waals surface area contributed by atoms with Gasteiger partial charge in [0, 0.05) is 19.6 Å². The normalized spacial score (nSPS) is 14.9. The van der Waals surface area contributed by atoms with Gasteiger partial charge in [-0.1, -0.05) is 59.1 Å². The molecule has 1 heterocycles. The SMILES string of the molecule is O=S(=O)(NCCCCN1CCc2ccccc2C1)c1ccc(Cl)c(Cl)c1Cl. The first kappa shape index (κ1) is 20.9. The van der Waals surface area contributed by atoms with Crippen LogP contribution < -0.4 is 4.72 Å². The number of unbranched alkanes of at least 4 members (excludes halogenated alkanes) is 1. The quantitative estimate of drug-likeness (QED) is 0.491. The first-order chi connectivity index (χ1) is 12.9. The van der Waals surface area contributed by atoms with Crippen molar-refractivity contribution in [1.29, 1.82) is 0 Å². The highest BCUT2D eigenvalue weighted by molar-refractivity contribution is 7.89. The van der Waals surface area contributed by atoms with Crippen LogP contribution in [0.1, 0.15) is 24.0 Å². The summed E-state index contributed by atoms with van der Waals surface area (Å²) >= 11 is 17.8. The number of nitrogens with zero attached hydrogens (tertiary/aromatic N) is 1. The van der Waals surface area contributed by atoms with E-state index in [0.717, 1.165) is 38.9 Å². The van der Waals surface area contributed by atoms with Crippen LogP contribution in [0.5, 0.6) is 0 Å². The van der Waals surface area contributed by atoms with Gasteiger partial charge in [-0.25, -0.2) is 13.1 Å². The van der Waals surface area contributed by atoms with Crippen molar-refractivity contribution in [2.24, 2.45) is 0 Å². The van der Waals surface area contributed by atoms with Gasteiger partial charge in [-0.3, -0.25) is 4.90 Å². The van der Waals surface area contributed by atoms with Crippen LogP contribution in [0.25, 0.3) is 0 Å². The molecule has 8 heteroatoms. The minimum absolute atomic E-state index is 0.0478. The van der Waals surface area contributed by atoms with Crippen molar-refractivity contribution >= 4 is 44.8 Å². The maximum Gasteiger partial charge on any atom is 0.242 e. The third-order valence-corrected chi connectivity index (χ3v) is 7.60. The average Bonchev–Trinajstić information content (AvgIpc) is 2.65. The molecular weight excluding hydrogens is 427 g/mol. The fraction of sp³-hybridized carbons (Fsp3) is 0.368. The van der Waals surface area contributed by atoms with Crippen LogP contribution in [0.15, 0.2) is 41.3 Å². The zero-order chi connectivity index (χ0) is 19.4. The summed E-state index contributed by atoms with van der Waals surface area (Å²) in [4.78, 5) is 2.36. The van der Waals surface area contributed by atoms with E-state index >= 15 is 0 Å². The summed E-state index contributed by atoms with van der Waals surface area (Å²) in [5.41, 5.74) is 2.82.